The van der Waals surface area contributed by atoms with Gasteiger partial charge in [0.25, 0.3) is 0 Å². The molecule has 2 fully saturated rings. The lowest BCUT2D eigenvalue weighted by molar-refractivity contribution is -0.127. The maximum atomic E-state index is 12.2. The van der Waals surface area contributed by atoms with Gasteiger partial charge >= 0.3 is 0 Å². The maximum Gasteiger partial charge on any atom is 0.240 e. The van der Waals surface area contributed by atoms with Crippen LogP contribution in [0.15, 0.2) is 0 Å². The van der Waals surface area contributed by atoms with Crippen LogP contribution in [0.1, 0.15) is 46.0 Å². The first kappa shape index (κ1) is 21.9. The van der Waals surface area contributed by atoms with Gasteiger partial charge in [-0.25, -0.2) is 0 Å². The zero-order valence-corrected chi connectivity index (χ0v) is 15.4. The number of nitrogens with one attached hydrogen (secondary N) is 1. The van der Waals surface area contributed by atoms with E-state index >= 15 is 0 Å². The minimum absolute atomic E-state index is 0. The number of hydrogen-bond acceptors (Lipinski definition) is 4. The van der Waals surface area contributed by atoms with E-state index in [0.29, 0.717) is 6.54 Å². The lowest BCUT2D eigenvalue weighted by Crippen LogP contribution is -2.56. The number of ether oxygens (including phenoxy) is 1. The number of amides is 1. The second-order valence-electron chi connectivity index (χ2n) is 6.86. The lowest BCUT2D eigenvalue weighted by Gasteiger charge is -2.38. The Balaban J connectivity index is 0.00000220. The van der Waals surface area contributed by atoms with E-state index in [1.165, 1.54) is 6.42 Å². The van der Waals surface area contributed by atoms with Crippen LogP contribution in [0.5, 0.6) is 0 Å². The third kappa shape index (κ3) is 6.20. The van der Waals surface area contributed by atoms with Crippen LogP contribution in [0.2, 0.25) is 0 Å². The van der Waals surface area contributed by atoms with Crippen molar-refractivity contribution < 1.29 is 9.53 Å². The normalized spacial score (nSPS) is 23.8. The maximum absolute atomic E-state index is 12.2. The largest absolute Gasteiger partial charge is 0.373 e. The molecule has 1 amide bonds. The van der Waals surface area contributed by atoms with Gasteiger partial charge in [-0.2, -0.15) is 0 Å². The zero-order chi connectivity index (χ0) is 14.6. The molecule has 1 saturated heterocycles. The molecular formula is C15H31Cl2N3O2. The van der Waals surface area contributed by atoms with E-state index in [1.54, 1.807) is 0 Å². The smallest absolute Gasteiger partial charge is 0.240 e. The Morgan fingerprint density at radius 1 is 1.23 bits per heavy atom. The molecule has 0 aromatic carbocycles. The van der Waals surface area contributed by atoms with E-state index in [0.717, 1.165) is 51.9 Å². The van der Waals surface area contributed by atoms with Gasteiger partial charge in [-0.15, -0.1) is 24.8 Å². The molecule has 1 heterocycles. The molecule has 5 nitrogen and oxygen atoms in total. The Morgan fingerprint density at radius 3 is 2.45 bits per heavy atom. The summed E-state index contributed by atoms with van der Waals surface area (Å²) in [4.78, 5) is 14.6. The number of nitrogens with two attached hydrogens (primary N) is 1. The van der Waals surface area contributed by atoms with E-state index in [2.05, 4.69) is 24.1 Å². The first-order valence-electron chi connectivity index (χ1n) is 7.85. The average molecular weight is 356 g/mol. The van der Waals surface area contributed by atoms with Gasteiger partial charge in [0.15, 0.2) is 0 Å². The predicted molar refractivity (Wildman–Crippen MR) is 94.0 cm³/mol. The molecule has 132 valence electrons. The second-order valence-corrected chi connectivity index (χ2v) is 6.86. The Morgan fingerprint density at radius 2 is 1.86 bits per heavy atom. The van der Waals surface area contributed by atoms with Crippen molar-refractivity contribution in [3.05, 3.63) is 0 Å². The third-order valence-electron chi connectivity index (χ3n) is 4.42. The van der Waals surface area contributed by atoms with Crippen LogP contribution in [0.25, 0.3) is 0 Å². The van der Waals surface area contributed by atoms with Crippen molar-refractivity contribution in [1.29, 1.82) is 0 Å². The highest BCUT2D eigenvalue weighted by Gasteiger charge is 2.35. The highest BCUT2D eigenvalue weighted by molar-refractivity contribution is 5.86. The summed E-state index contributed by atoms with van der Waals surface area (Å²) in [6.45, 7) is 8.37. The standard InChI is InChI=1S/C15H29N3O2.2ClH/c1-14(2)12-18(10-11-20-14)9-8-17-13(19)15(16)6-4-3-5-7-15;;/h3-12,16H2,1-2H3,(H,17,19);2*1H. The monoisotopic (exact) mass is 355 g/mol. The highest BCUT2D eigenvalue weighted by Crippen LogP contribution is 2.25. The molecule has 7 heteroatoms. The van der Waals surface area contributed by atoms with Crippen LogP contribution < -0.4 is 11.1 Å². The molecule has 3 N–H and O–H groups in total. The highest BCUT2D eigenvalue weighted by atomic mass is 35.5. The number of carbonyl (C=O) groups is 1. The molecular weight excluding hydrogens is 325 g/mol. The Labute approximate surface area is 146 Å². The van der Waals surface area contributed by atoms with Gasteiger partial charge in [-0.05, 0) is 26.7 Å². The first-order valence-corrected chi connectivity index (χ1v) is 7.85. The van der Waals surface area contributed by atoms with Crippen molar-refractivity contribution >= 4 is 30.7 Å². The van der Waals surface area contributed by atoms with Crippen molar-refractivity contribution in [3.63, 3.8) is 0 Å². The molecule has 0 unspecified atom stereocenters. The van der Waals surface area contributed by atoms with Gasteiger partial charge in [0.1, 0.15) is 0 Å². The molecule has 0 bridgehead atoms. The lowest BCUT2D eigenvalue weighted by atomic mass is 9.82. The van der Waals surface area contributed by atoms with Gasteiger partial charge in [0.05, 0.1) is 17.7 Å². The van der Waals surface area contributed by atoms with Crippen LogP contribution in [-0.2, 0) is 9.53 Å². The molecule has 1 saturated carbocycles. The van der Waals surface area contributed by atoms with Crippen molar-refractivity contribution in [3.8, 4) is 0 Å². The molecule has 0 aromatic rings. The summed E-state index contributed by atoms with van der Waals surface area (Å²) < 4.78 is 5.69. The third-order valence-corrected chi connectivity index (χ3v) is 4.42. The first-order chi connectivity index (χ1) is 9.41. The van der Waals surface area contributed by atoms with Crippen molar-refractivity contribution in [2.75, 3.05) is 32.8 Å². The summed E-state index contributed by atoms with van der Waals surface area (Å²) in [6, 6.07) is 0. The van der Waals surface area contributed by atoms with Crippen LogP contribution >= 0.6 is 24.8 Å². The predicted octanol–water partition coefficient (Wildman–Crippen LogP) is 1.72. The average Bonchev–Trinajstić information content (AvgIpc) is 2.38. The second kappa shape index (κ2) is 9.28. The Kier molecular flexibility index (Phi) is 9.25. The number of rotatable bonds is 4. The van der Waals surface area contributed by atoms with E-state index < -0.39 is 5.54 Å². The fraction of sp³-hybridized carbons (Fsp3) is 0.933. The van der Waals surface area contributed by atoms with Crippen LogP contribution in [-0.4, -0.2) is 54.7 Å². The fourth-order valence-corrected chi connectivity index (χ4v) is 3.22. The summed E-state index contributed by atoms with van der Waals surface area (Å²) in [5, 5.41) is 3.02. The number of nitrogens with zero attached hydrogens (tertiary/aromatic N) is 1. The van der Waals surface area contributed by atoms with Gasteiger partial charge in [0.2, 0.25) is 5.91 Å². The Hall–Kier alpha value is -0.0700. The molecule has 2 aliphatic rings. The van der Waals surface area contributed by atoms with Gasteiger partial charge in [-0.3, -0.25) is 9.69 Å². The summed E-state index contributed by atoms with van der Waals surface area (Å²) in [5.41, 5.74) is 5.51. The molecule has 0 spiro atoms. The van der Waals surface area contributed by atoms with Crippen molar-refractivity contribution in [2.45, 2.75) is 57.1 Å². The van der Waals surface area contributed by atoms with Crippen LogP contribution in [0.3, 0.4) is 0 Å². The number of morpholine rings is 1. The fourth-order valence-electron chi connectivity index (χ4n) is 3.22. The minimum Gasteiger partial charge on any atom is -0.373 e. The number of hydrogen-bond donors (Lipinski definition) is 2. The van der Waals surface area contributed by atoms with Gasteiger partial charge in [0, 0.05) is 26.2 Å². The SMILES string of the molecule is CC1(C)CN(CCNC(=O)C2(N)CCCCC2)CCO1.Cl.Cl. The van der Waals surface area contributed by atoms with Crippen molar-refractivity contribution in [2.24, 2.45) is 5.73 Å². The minimum atomic E-state index is -0.622. The Bertz CT molecular complexity index is 348. The van der Waals surface area contributed by atoms with Crippen LogP contribution in [0, 0.1) is 0 Å². The zero-order valence-electron chi connectivity index (χ0n) is 13.7. The molecule has 0 aromatic heterocycles. The van der Waals surface area contributed by atoms with E-state index in [1.807, 2.05) is 0 Å². The molecule has 1 aliphatic carbocycles. The topological polar surface area (TPSA) is 67.6 Å². The molecule has 2 rings (SSSR count). The summed E-state index contributed by atoms with van der Waals surface area (Å²) in [7, 11) is 0. The van der Waals surface area contributed by atoms with E-state index in [9.17, 15) is 4.79 Å². The molecule has 22 heavy (non-hydrogen) atoms. The number of carbonyl (C=O) groups excluding carboxylic acids is 1. The summed E-state index contributed by atoms with van der Waals surface area (Å²) >= 11 is 0. The molecule has 1 aliphatic heterocycles. The molecule has 0 atom stereocenters. The van der Waals surface area contributed by atoms with E-state index in [-0.39, 0.29) is 36.3 Å². The summed E-state index contributed by atoms with van der Waals surface area (Å²) in [5.74, 6) is 0.0321. The van der Waals surface area contributed by atoms with Crippen LogP contribution in [0.4, 0.5) is 0 Å². The summed E-state index contributed by atoms with van der Waals surface area (Å²) in [6.07, 6.45) is 4.99. The van der Waals surface area contributed by atoms with E-state index in [4.69, 9.17) is 10.5 Å². The quantitative estimate of drug-likeness (QED) is 0.805. The number of halogens is 2. The van der Waals surface area contributed by atoms with Gasteiger partial charge in [-0.1, -0.05) is 19.3 Å². The van der Waals surface area contributed by atoms with Crippen molar-refractivity contribution in [1.82, 2.24) is 10.2 Å². The van der Waals surface area contributed by atoms with Gasteiger partial charge < -0.3 is 15.8 Å². The molecule has 0 radical (unpaired) electrons.